The van der Waals surface area contributed by atoms with Crippen molar-refractivity contribution in [1.29, 1.82) is 0 Å². The van der Waals surface area contributed by atoms with Crippen LogP contribution in [0.25, 0.3) is 0 Å². The van der Waals surface area contributed by atoms with Crippen molar-refractivity contribution in [2.75, 3.05) is 6.54 Å². The molecule has 152 valence electrons. The van der Waals surface area contributed by atoms with E-state index < -0.39 is 23.5 Å². The Labute approximate surface area is 159 Å². The van der Waals surface area contributed by atoms with Crippen LogP contribution < -0.4 is 11.1 Å². The molecule has 0 aliphatic rings. The van der Waals surface area contributed by atoms with Crippen molar-refractivity contribution in [3.05, 3.63) is 24.8 Å². The molecule has 0 saturated heterocycles. The molecule has 0 fully saturated rings. The van der Waals surface area contributed by atoms with E-state index in [1.165, 1.54) is 6.08 Å². The minimum Gasteiger partial charge on any atom is -0.458 e. The number of nitrogens with two attached hydrogens (primary N) is 1. The molecular weight excluding hydrogens is 332 g/mol. The first-order valence-corrected chi connectivity index (χ1v) is 9.09. The first-order valence-electron chi connectivity index (χ1n) is 9.09. The maximum atomic E-state index is 11.9. The summed E-state index contributed by atoms with van der Waals surface area (Å²) >= 11 is 0. The normalized spacial score (nSPS) is 11.2. The third kappa shape index (κ3) is 20.1. The Bertz CT molecular complexity index is 438. The predicted octanol–water partition coefficient (Wildman–Crippen LogP) is 3.31. The van der Waals surface area contributed by atoms with Gasteiger partial charge in [-0.15, -0.1) is 0 Å². The highest BCUT2D eigenvalue weighted by Gasteiger charge is 2.26. The van der Waals surface area contributed by atoms with Crippen molar-refractivity contribution >= 4 is 17.7 Å². The number of carbonyl (C=O) groups is 3. The number of hydrogen-bond donors (Lipinski definition) is 2. The number of carbonyl (C=O) groups excluding carboxylic acids is 3. The number of ether oxygens (including phenoxy) is 1. The highest BCUT2D eigenvalue weighted by molar-refractivity contribution is 5.90. The van der Waals surface area contributed by atoms with Crippen LogP contribution in [0, 0.1) is 0 Å². The summed E-state index contributed by atoms with van der Waals surface area (Å²) in [6.07, 6.45) is 6.79. The van der Waals surface area contributed by atoms with Gasteiger partial charge >= 0.3 is 5.97 Å². The van der Waals surface area contributed by atoms with Crippen molar-refractivity contribution in [3.8, 4) is 0 Å². The Morgan fingerprint density at radius 1 is 1.23 bits per heavy atom. The van der Waals surface area contributed by atoms with E-state index >= 15 is 0 Å². The summed E-state index contributed by atoms with van der Waals surface area (Å²) in [5.41, 5.74) is 4.52. The van der Waals surface area contributed by atoms with Gasteiger partial charge in [-0.25, -0.2) is 4.79 Å². The van der Waals surface area contributed by atoms with Crippen LogP contribution in [0.5, 0.6) is 0 Å². The number of amides is 1. The van der Waals surface area contributed by atoms with Gasteiger partial charge in [-0.2, -0.15) is 0 Å². The summed E-state index contributed by atoms with van der Waals surface area (Å²) < 4.78 is 5.18. The van der Waals surface area contributed by atoms with Gasteiger partial charge in [0.1, 0.15) is 11.6 Å². The molecule has 1 atom stereocenters. The molecule has 3 N–H and O–H groups in total. The lowest BCUT2D eigenvalue weighted by Gasteiger charge is -2.24. The summed E-state index contributed by atoms with van der Waals surface area (Å²) in [5, 5.41) is 2.44. The zero-order valence-electron chi connectivity index (χ0n) is 17.6. The number of hydrogen-bond acceptors (Lipinski definition) is 5. The van der Waals surface area contributed by atoms with E-state index in [-0.39, 0.29) is 25.2 Å². The minimum absolute atomic E-state index is 0.109. The van der Waals surface area contributed by atoms with Crippen molar-refractivity contribution in [1.82, 2.24) is 5.32 Å². The van der Waals surface area contributed by atoms with E-state index in [0.29, 0.717) is 0 Å². The summed E-state index contributed by atoms with van der Waals surface area (Å²) in [7, 11) is 0. The average Bonchev–Trinajstić information content (AvgIpc) is 2.59. The van der Waals surface area contributed by atoms with Gasteiger partial charge in [-0.05, 0) is 46.6 Å². The Balaban J connectivity index is -0.000000645. The monoisotopic (exact) mass is 370 g/mol. The predicted molar refractivity (Wildman–Crippen MR) is 108 cm³/mol. The lowest BCUT2D eigenvalue weighted by atomic mass is 10.1. The Hall–Kier alpha value is -1.95. The minimum atomic E-state index is -0.876. The number of nitrogens with one attached hydrogen (secondary N) is 1. The van der Waals surface area contributed by atoms with Crippen LogP contribution >= 0.6 is 0 Å². The second-order valence-electron chi connectivity index (χ2n) is 6.04. The standard InChI is InChI=1S/C13H22N2O4.C5H10.C2H6/c1-5-9(16)6-7-10(15-11(17)8-14)12(18)19-13(2,3)4;1-3-5-4-2;1-2/h5,10H,1,6-8,14H2,2-4H3,(H,15,17);3,5H,4H2,1-2H3;1-2H3/b;5-3-;. The molecule has 0 spiro atoms. The van der Waals surface area contributed by atoms with Crippen LogP contribution in [0.15, 0.2) is 24.8 Å². The maximum absolute atomic E-state index is 11.9. The van der Waals surface area contributed by atoms with Crippen LogP contribution in [0.1, 0.15) is 67.7 Å². The molecule has 0 heterocycles. The Morgan fingerprint density at radius 3 is 2.08 bits per heavy atom. The van der Waals surface area contributed by atoms with Gasteiger partial charge in [0.15, 0.2) is 5.78 Å². The summed E-state index contributed by atoms with van der Waals surface area (Å²) in [4.78, 5) is 34.3. The van der Waals surface area contributed by atoms with Gasteiger partial charge in [0.25, 0.3) is 0 Å². The second kappa shape index (κ2) is 17.9. The van der Waals surface area contributed by atoms with Gasteiger partial charge in [0.2, 0.25) is 5.91 Å². The fraction of sp³-hybridized carbons (Fsp3) is 0.650. The van der Waals surface area contributed by atoms with Crippen LogP contribution in [0.2, 0.25) is 0 Å². The Kier molecular flexibility index (Phi) is 19.8. The van der Waals surface area contributed by atoms with E-state index in [4.69, 9.17) is 10.5 Å². The van der Waals surface area contributed by atoms with E-state index in [1.54, 1.807) is 20.8 Å². The molecule has 1 unspecified atom stereocenters. The van der Waals surface area contributed by atoms with E-state index in [0.717, 1.165) is 6.42 Å². The molecule has 0 radical (unpaired) electrons. The molecule has 0 aliphatic heterocycles. The maximum Gasteiger partial charge on any atom is 0.329 e. The molecule has 6 heteroatoms. The van der Waals surface area contributed by atoms with Crippen LogP contribution in [-0.4, -0.2) is 35.8 Å². The van der Waals surface area contributed by atoms with E-state index in [9.17, 15) is 14.4 Å². The van der Waals surface area contributed by atoms with Crippen LogP contribution in [-0.2, 0) is 19.1 Å². The smallest absolute Gasteiger partial charge is 0.329 e. The van der Waals surface area contributed by atoms with Gasteiger partial charge < -0.3 is 15.8 Å². The molecular formula is C20H38N2O4. The lowest BCUT2D eigenvalue weighted by Crippen LogP contribution is -2.46. The fourth-order valence-corrected chi connectivity index (χ4v) is 1.50. The zero-order chi connectivity index (χ0) is 21.2. The van der Waals surface area contributed by atoms with Crippen LogP contribution in [0.4, 0.5) is 0 Å². The molecule has 0 aromatic rings. The molecule has 0 aliphatic carbocycles. The largest absolute Gasteiger partial charge is 0.458 e. The van der Waals surface area contributed by atoms with Gasteiger partial charge in [-0.1, -0.05) is 39.5 Å². The first-order chi connectivity index (χ1) is 12.1. The van der Waals surface area contributed by atoms with Crippen molar-refractivity contribution < 1.29 is 19.1 Å². The molecule has 0 rings (SSSR count). The SMILES string of the molecule is C/C=C\CC.C=CC(=O)CCC(NC(=O)CN)C(=O)OC(C)(C)C.CC. The van der Waals surface area contributed by atoms with Crippen molar-refractivity contribution in [2.24, 2.45) is 5.73 Å². The average molecular weight is 371 g/mol. The molecule has 0 aromatic carbocycles. The molecule has 1 amide bonds. The number of rotatable bonds is 8. The lowest BCUT2D eigenvalue weighted by molar-refractivity contribution is -0.158. The number of allylic oxidation sites excluding steroid dienone is 3. The van der Waals surface area contributed by atoms with Gasteiger partial charge in [-0.3, -0.25) is 9.59 Å². The summed E-state index contributed by atoms with van der Waals surface area (Å²) in [6.45, 7) is 16.4. The third-order valence-corrected chi connectivity index (χ3v) is 2.59. The highest BCUT2D eigenvalue weighted by atomic mass is 16.6. The quantitative estimate of drug-likeness (QED) is 0.388. The van der Waals surface area contributed by atoms with Crippen molar-refractivity contribution in [2.45, 2.75) is 79.4 Å². The summed E-state index contributed by atoms with van der Waals surface area (Å²) in [5.74, 6) is -1.25. The van der Waals surface area contributed by atoms with Gasteiger partial charge in [0, 0.05) is 6.42 Å². The number of ketones is 1. The number of esters is 1. The first kappa shape index (κ1) is 28.8. The van der Waals surface area contributed by atoms with E-state index in [2.05, 4.69) is 31.0 Å². The highest BCUT2D eigenvalue weighted by Crippen LogP contribution is 2.11. The molecule has 26 heavy (non-hydrogen) atoms. The van der Waals surface area contributed by atoms with E-state index in [1.807, 2.05) is 20.8 Å². The van der Waals surface area contributed by atoms with Crippen LogP contribution in [0.3, 0.4) is 0 Å². The van der Waals surface area contributed by atoms with Crippen molar-refractivity contribution in [3.63, 3.8) is 0 Å². The fourth-order valence-electron chi connectivity index (χ4n) is 1.50. The third-order valence-electron chi connectivity index (χ3n) is 2.59. The molecule has 0 saturated carbocycles. The molecule has 6 nitrogen and oxygen atoms in total. The second-order valence-corrected chi connectivity index (χ2v) is 6.04. The molecule has 0 aromatic heterocycles. The zero-order valence-corrected chi connectivity index (χ0v) is 17.6. The Morgan fingerprint density at radius 2 is 1.77 bits per heavy atom. The molecule has 0 bridgehead atoms. The topological polar surface area (TPSA) is 98.5 Å². The van der Waals surface area contributed by atoms with Gasteiger partial charge in [0.05, 0.1) is 6.54 Å². The summed E-state index contributed by atoms with van der Waals surface area (Å²) in [6, 6.07) is -0.876.